The van der Waals surface area contributed by atoms with Crippen LogP contribution in [0.3, 0.4) is 0 Å². The number of aromatic nitrogens is 1. The summed E-state index contributed by atoms with van der Waals surface area (Å²) < 4.78 is 0. The van der Waals surface area contributed by atoms with Crippen molar-refractivity contribution in [2.75, 3.05) is 26.0 Å². The molecule has 0 saturated heterocycles. The molecule has 0 aliphatic carbocycles. The van der Waals surface area contributed by atoms with E-state index in [1.54, 1.807) is 46.4 Å². The fraction of sp³-hybridized carbons (Fsp3) is 0.500. The molecule has 1 heterocycles. The third-order valence-electron chi connectivity index (χ3n) is 2.29. The zero-order valence-corrected chi connectivity index (χ0v) is 10.7. The Labute approximate surface area is 101 Å². The van der Waals surface area contributed by atoms with Gasteiger partial charge in [-0.1, -0.05) is 0 Å². The Balaban J connectivity index is 2.89. The van der Waals surface area contributed by atoms with Gasteiger partial charge < -0.3 is 15.3 Å². The number of rotatable bonds is 4. The maximum absolute atomic E-state index is 12.1. The Morgan fingerprint density at radius 2 is 2.24 bits per heavy atom. The fourth-order valence-electron chi connectivity index (χ4n) is 1.64. The summed E-state index contributed by atoms with van der Waals surface area (Å²) in [6.45, 7) is 3.61. The molecule has 0 bridgehead atoms. The van der Waals surface area contributed by atoms with E-state index in [1.807, 2.05) is 0 Å². The van der Waals surface area contributed by atoms with Crippen molar-refractivity contribution in [2.24, 2.45) is 0 Å². The van der Waals surface area contributed by atoms with Gasteiger partial charge in [-0.3, -0.25) is 9.78 Å². The van der Waals surface area contributed by atoms with E-state index in [-0.39, 0.29) is 12.5 Å². The van der Waals surface area contributed by atoms with Crippen molar-refractivity contribution in [1.82, 2.24) is 9.88 Å². The summed E-state index contributed by atoms with van der Waals surface area (Å²) in [5.74, 6) is -0.140. The average Bonchev–Trinajstić information content (AvgIpc) is 2.25. The molecule has 17 heavy (non-hydrogen) atoms. The van der Waals surface area contributed by atoms with E-state index in [2.05, 4.69) is 10.3 Å². The molecule has 0 aromatic carbocycles. The number of carbonyl (C=O) groups excluding carboxylic acids is 1. The second-order valence-electron chi connectivity index (χ2n) is 4.64. The second-order valence-corrected chi connectivity index (χ2v) is 4.64. The quantitative estimate of drug-likeness (QED) is 0.819. The Hall–Kier alpha value is -1.62. The Bertz CT molecular complexity index is 399. The van der Waals surface area contributed by atoms with Gasteiger partial charge in [-0.15, -0.1) is 0 Å². The summed E-state index contributed by atoms with van der Waals surface area (Å²) in [5, 5.41) is 12.6. The summed E-state index contributed by atoms with van der Waals surface area (Å²) >= 11 is 0. The van der Waals surface area contributed by atoms with Gasteiger partial charge in [0.15, 0.2) is 0 Å². The number of likely N-dealkylation sites (N-methyl/N-ethyl adjacent to an activating group) is 1. The van der Waals surface area contributed by atoms with Gasteiger partial charge in [-0.05, 0) is 19.9 Å². The first kappa shape index (κ1) is 13.4. The van der Waals surface area contributed by atoms with Crippen LogP contribution in [0, 0.1) is 0 Å². The predicted molar refractivity (Wildman–Crippen MR) is 67.0 cm³/mol. The number of aliphatic hydroxyl groups is 1. The lowest BCUT2D eigenvalue weighted by atomic mass is 10.1. The smallest absolute Gasteiger partial charge is 0.255 e. The van der Waals surface area contributed by atoms with Crippen LogP contribution in [0.5, 0.6) is 0 Å². The van der Waals surface area contributed by atoms with E-state index in [9.17, 15) is 9.90 Å². The molecule has 0 atom stereocenters. The number of amides is 1. The molecule has 0 saturated carbocycles. The van der Waals surface area contributed by atoms with Gasteiger partial charge in [0.05, 0.1) is 23.0 Å². The first-order valence-corrected chi connectivity index (χ1v) is 5.45. The fourth-order valence-corrected chi connectivity index (χ4v) is 1.64. The number of anilines is 1. The van der Waals surface area contributed by atoms with Gasteiger partial charge in [0.2, 0.25) is 0 Å². The van der Waals surface area contributed by atoms with Crippen LogP contribution in [-0.2, 0) is 0 Å². The van der Waals surface area contributed by atoms with Crippen molar-refractivity contribution in [2.45, 2.75) is 19.4 Å². The summed E-state index contributed by atoms with van der Waals surface area (Å²) in [5.41, 5.74) is 0.325. The van der Waals surface area contributed by atoms with E-state index in [0.717, 1.165) is 0 Å². The lowest BCUT2D eigenvalue weighted by Crippen LogP contribution is -2.39. The lowest BCUT2D eigenvalue weighted by Gasteiger charge is -2.26. The van der Waals surface area contributed by atoms with E-state index in [4.69, 9.17) is 0 Å². The van der Waals surface area contributed by atoms with Crippen LogP contribution in [0.2, 0.25) is 0 Å². The highest BCUT2D eigenvalue weighted by Crippen LogP contribution is 2.15. The summed E-state index contributed by atoms with van der Waals surface area (Å²) in [6.07, 6.45) is 3.18. The molecule has 0 aliphatic heterocycles. The van der Waals surface area contributed by atoms with E-state index < -0.39 is 5.60 Å². The Morgan fingerprint density at radius 1 is 1.59 bits per heavy atom. The minimum Gasteiger partial charge on any atom is -0.389 e. The molecule has 94 valence electrons. The maximum Gasteiger partial charge on any atom is 0.255 e. The van der Waals surface area contributed by atoms with E-state index >= 15 is 0 Å². The zero-order chi connectivity index (χ0) is 13.1. The van der Waals surface area contributed by atoms with Crippen LogP contribution >= 0.6 is 0 Å². The molecule has 1 aromatic heterocycles. The zero-order valence-electron chi connectivity index (χ0n) is 10.7. The van der Waals surface area contributed by atoms with E-state index in [0.29, 0.717) is 11.3 Å². The van der Waals surface area contributed by atoms with Crippen LogP contribution in [0.4, 0.5) is 5.69 Å². The standard InChI is InChI=1S/C12H19N3O2/c1-12(2,17)8-15(4)11(16)9-5-6-14-7-10(9)13-3/h5-7,13,17H,8H2,1-4H3. The van der Waals surface area contributed by atoms with Crippen LogP contribution in [0.1, 0.15) is 24.2 Å². The van der Waals surface area contributed by atoms with Crippen molar-refractivity contribution in [3.05, 3.63) is 24.0 Å². The molecule has 1 aromatic rings. The second kappa shape index (κ2) is 5.14. The minimum absolute atomic E-state index is 0.140. The molecule has 1 rings (SSSR count). The lowest BCUT2D eigenvalue weighted by molar-refractivity contribution is 0.0368. The third kappa shape index (κ3) is 3.71. The van der Waals surface area contributed by atoms with Crippen LogP contribution < -0.4 is 5.32 Å². The number of carbonyl (C=O) groups is 1. The molecule has 0 aliphatic rings. The minimum atomic E-state index is -0.906. The molecular formula is C12H19N3O2. The SMILES string of the molecule is CNc1cnccc1C(=O)N(C)CC(C)(C)O. The van der Waals surface area contributed by atoms with Gasteiger partial charge in [0, 0.05) is 26.8 Å². The molecule has 5 heteroatoms. The maximum atomic E-state index is 12.1. The highest BCUT2D eigenvalue weighted by Gasteiger charge is 2.21. The van der Waals surface area contributed by atoms with Crippen molar-refractivity contribution in [1.29, 1.82) is 0 Å². The van der Waals surface area contributed by atoms with Gasteiger partial charge in [0.1, 0.15) is 0 Å². The van der Waals surface area contributed by atoms with Gasteiger partial charge in [-0.25, -0.2) is 0 Å². The molecule has 0 fully saturated rings. The average molecular weight is 237 g/mol. The molecular weight excluding hydrogens is 218 g/mol. The first-order chi connectivity index (χ1) is 7.85. The number of nitrogens with zero attached hydrogens (tertiary/aromatic N) is 2. The highest BCUT2D eigenvalue weighted by molar-refractivity contribution is 5.99. The van der Waals surface area contributed by atoms with Gasteiger partial charge >= 0.3 is 0 Å². The van der Waals surface area contributed by atoms with Crippen molar-refractivity contribution in [3.63, 3.8) is 0 Å². The van der Waals surface area contributed by atoms with Crippen molar-refractivity contribution >= 4 is 11.6 Å². The predicted octanol–water partition coefficient (Wildman–Crippen LogP) is 0.966. The molecule has 0 radical (unpaired) electrons. The summed E-state index contributed by atoms with van der Waals surface area (Å²) in [4.78, 5) is 17.6. The number of hydrogen-bond acceptors (Lipinski definition) is 4. The topological polar surface area (TPSA) is 65.5 Å². The van der Waals surface area contributed by atoms with Gasteiger partial charge in [-0.2, -0.15) is 0 Å². The van der Waals surface area contributed by atoms with E-state index in [1.165, 1.54) is 4.90 Å². The largest absolute Gasteiger partial charge is 0.389 e. The number of hydrogen-bond donors (Lipinski definition) is 2. The van der Waals surface area contributed by atoms with Crippen LogP contribution in [-0.4, -0.2) is 47.1 Å². The molecule has 0 unspecified atom stereocenters. The molecule has 1 amide bonds. The molecule has 0 spiro atoms. The number of nitrogens with one attached hydrogen (secondary N) is 1. The normalized spacial score (nSPS) is 11.1. The highest BCUT2D eigenvalue weighted by atomic mass is 16.3. The van der Waals surface area contributed by atoms with Crippen molar-refractivity contribution in [3.8, 4) is 0 Å². The van der Waals surface area contributed by atoms with Gasteiger partial charge in [0.25, 0.3) is 5.91 Å². The van der Waals surface area contributed by atoms with Crippen LogP contribution in [0.25, 0.3) is 0 Å². The Kier molecular flexibility index (Phi) is 4.07. The monoisotopic (exact) mass is 237 g/mol. The third-order valence-corrected chi connectivity index (χ3v) is 2.29. The molecule has 5 nitrogen and oxygen atoms in total. The summed E-state index contributed by atoms with van der Waals surface area (Å²) in [6, 6.07) is 1.66. The molecule has 2 N–H and O–H groups in total. The van der Waals surface area contributed by atoms with Crippen LogP contribution in [0.15, 0.2) is 18.5 Å². The Morgan fingerprint density at radius 3 is 2.76 bits per heavy atom. The number of pyridine rings is 1. The summed E-state index contributed by atoms with van der Waals surface area (Å²) in [7, 11) is 3.41. The first-order valence-electron chi connectivity index (χ1n) is 5.45. The van der Waals surface area contributed by atoms with Crippen molar-refractivity contribution < 1.29 is 9.90 Å².